The Morgan fingerprint density at radius 3 is 1.71 bits per heavy atom. The third-order valence-electron chi connectivity index (χ3n) is 3.47. The highest BCUT2D eigenvalue weighted by Gasteiger charge is 2.33. The van der Waals surface area contributed by atoms with Crippen LogP contribution in [0.25, 0.3) is 11.1 Å². The quantitative estimate of drug-likeness (QED) is 0.594. The largest absolute Gasteiger partial charge is 0.298 e. The zero-order valence-electron chi connectivity index (χ0n) is 11.3. The summed E-state index contributed by atoms with van der Waals surface area (Å²) in [6, 6.07) is 24.0. The molecular formula is C19H14F2. The van der Waals surface area contributed by atoms with Crippen molar-refractivity contribution in [3.63, 3.8) is 0 Å². The van der Waals surface area contributed by atoms with Crippen molar-refractivity contribution in [1.82, 2.24) is 0 Å². The van der Waals surface area contributed by atoms with Crippen molar-refractivity contribution < 1.29 is 8.78 Å². The minimum atomic E-state index is -2.99. The predicted molar refractivity (Wildman–Crippen MR) is 81.3 cm³/mol. The van der Waals surface area contributed by atoms with Crippen LogP contribution in [0.15, 0.2) is 84.9 Å². The number of hydrogen-bond donors (Lipinski definition) is 0. The van der Waals surface area contributed by atoms with E-state index >= 15 is 0 Å². The van der Waals surface area contributed by atoms with Crippen molar-refractivity contribution in [2.45, 2.75) is 5.92 Å². The number of rotatable bonds is 3. The third-order valence-corrected chi connectivity index (χ3v) is 3.47. The average Bonchev–Trinajstić information content (AvgIpc) is 2.57. The van der Waals surface area contributed by atoms with Gasteiger partial charge in [-0.05, 0) is 17.2 Å². The monoisotopic (exact) mass is 280 g/mol. The molecule has 0 bridgehead atoms. The molecule has 0 aromatic heterocycles. The Hall–Kier alpha value is -2.48. The maximum atomic E-state index is 14.6. The van der Waals surface area contributed by atoms with Gasteiger partial charge in [-0.1, -0.05) is 78.9 Å². The molecule has 0 saturated carbocycles. The SMILES string of the molecule is FC(F)(c1ccccc1)c1cccc(-c2ccccc2)c1. The Bertz CT molecular complexity index is 719. The molecule has 3 aromatic rings. The van der Waals surface area contributed by atoms with Crippen molar-refractivity contribution in [3.8, 4) is 11.1 Å². The van der Waals surface area contributed by atoms with E-state index in [0.29, 0.717) is 0 Å². The summed E-state index contributed by atoms with van der Waals surface area (Å²) in [5.41, 5.74) is 1.75. The van der Waals surface area contributed by atoms with Crippen LogP contribution in [0.5, 0.6) is 0 Å². The van der Waals surface area contributed by atoms with E-state index in [4.69, 9.17) is 0 Å². The van der Waals surface area contributed by atoms with E-state index in [1.54, 1.807) is 30.3 Å². The molecule has 0 nitrogen and oxygen atoms in total. The molecule has 0 atom stereocenters. The molecule has 0 amide bonds. The van der Waals surface area contributed by atoms with E-state index < -0.39 is 5.92 Å². The predicted octanol–water partition coefficient (Wildman–Crippen LogP) is 5.49. The first-order chi connectivity index (χ1) is 10.2. The Labute approximate surface area is 122 Å². The van der Waals surface area contributed by atoms with Crippen LogP contribution in [0, 0.1) is 0 Å². The van der Waals surface area contributed by atoms with Crippen LogP contribution in [0.3, 0.4) is 0 Å². The van der Waals surface area contributed by atoms with Crippen molar-refractivity contribution >= 4 is 0 Å². The van der Waals surface area contributed by atoms with E-state index in [2.05, 4.69) is 0 Å². The van der Waals surface area contributed by atoms with Crippen LogP contribution >= 0.6 is 0 Å². The molecule has 0 aliphatic carbocycles. The molecule has 21 heavy (non-hydrogen) atoms. The molecule has 0 fully saturated rings. The summed E-state index contributed by atoms with van der Waals surface area (Å²) in [6.07, 6.45) is 0. The van der Waals surface area contributed by atoms with Gasteiger partial charge in [0, 0.05) is 11.1 Å². The molecule has 104 valence electrons. The second kappa shape index (κ2) is 5.49. The van der Waals surface area contributed by atoms with Gasteiger partial charge in [0.05, 0.1) is 0 Å². The molecule has 0 aliphatic heterocycles. The maximum Gasteiger partial charge on any atom is 0.298 e. The lowest BCUT2D eigenvalue weighted by Crippen LogP contribution is -2.15. The van der Waals surface area contributed by atoms with E-state index in [1.807, 2.05) is 36.4 Å². The summed E-state index contributed by atoms with van der Waals surface area (Å²) in [7, 11) is 0. The highest BCUT2D eigenvalue weighted by molar-refractivity contribution is 5.64. The Morgan fingerprint density at radius 2 is 1.05 bits per heavy atom. The Morgan fingerprint density at radius 1 is 0.524 bits per heavy atom. The number of benzene rings is 3. The van der Waals surface area contributed by atoms with E-state index in [9.17, 15) is 8.78 Å². The fourth-order valence-electron chi connectivity index (χ4n) is 2.34. The molecule has 0 unspecified atom stereocenters. The topological polar surface area (TPSA) is 0 Å². The highest BCUT2D eigenvalue weighted by Crippen LogP contribution is 2.37. The van der Waals surface area contributed by atoms with Crippen LogP contribution in [0.4, 0.5) is 8.78 Å². The first-order valence-electron chi connectivity index (χ1n) is 6.77. The van der Waals surface area contributed by atoms with Crippen molar-refractivity contribution in [1.29, 1.82) is 0 Å². The molecular weight excluding hydrogens is 266 g/mol. The molecule has 3 aromatic carbocycles. The summed E-state index contributed by atoms with van der Waals surface area (Å²) in [5.74, 6) is -2.99. The van der Waals surface area contributed by atoms with E-state index in [0.717, 1.165) is 11.1 Å². The second-order valence-electron chi connectivity index (χ2n) is 4.89. The van der Waals surface area contributed by atoms with Gasteiger partial charge < -0.3 is 0 Å². The summed E-state index contributed by atoms with van der Waals surface area (Å²) in [4.78, 5) is 0. The zero-order chi connectivity index (χ0) is 14.7. The third kappa shape index (κ3) is 2.70. The van der Waals surface area contributed by atoms with Gasteiger partial charge in [-0.2, -0.15) is 8.78 Å². The van der Waals surface area contributed by atoms with Crippen molar-refractivity contribution in [2.24, 2.45) is 0 Å². The summed E-state index contributed by atoms with van der Waals surface area (Å²) < 4.78 is 29.2. The molecule has 2 heteroatoms. The normalized spacial score (nSPS) is 11.3. The first-order valence-corrected chi connectivity index (χ1v) is 6.77. The highest BCUT2D eigenvalue weighted by atomic mass is 19.3. The van der Waals surface area contributed by atoms with Crippen LogP contribution in [0.1, 0.15) is 11.1 Å². The van der Waals surface area contributed by atoms with Crippen LogP contribution < -0.4 is 0 Å². The number of hydrogen-bond acceptors (Lipinski definition) is 0. The van der Waals surface area contributed by atoms with Gasteiger partial charge in [0.15, 0.2) is 0 Å². The van der Waals surface area contributed by atoms with Gasteiger partial charge in [-0.25, -0.2) is 0 Å². The second-order valence-corrected chi connectivity index (χ2v) is 4.89. The zero-order valence-corrected chi connectivity index (χ0v) is 11.3. The van der Waals surface area contributed by atoms with Gasteiger partial charge in [0.2, 0.25) is 0 Å². The molecule has 0 spiro atoms. The summed E-state index contributed by atoms with van der Waals surface area (Å²) >= 11 is 0. The van der Waals surface area contributed by atoms with Gasteiger partial charge in [-0.3, -0.25) is 0 Å². The fourth-order valence-corrected chi connectivity index (χ4v) is 2.34. The van der Waals surface area contributed by atoms with Crippen molar-refractivity contribution in [3.05, 3.63) is 96.1 Å². The Balaban J connectivity index is 2.04. The van der Waals surface area contributed by atoms with Gasteiger partial charge in [0.1, 0.15) is 0 Å². The van der Waals surface area contributed by atoms with Crippen molar-refractivity contribution in [2.75, 3.05) is 0 Å². The van der Waals surface area contributed by atoms with Gasteiger partial charge in [-0.15, -0.1) is 0 Å². The van der Waals surface area contributed by atoms with Gasteiger partial charge >= 0.3 is 0 Å². The molecule has 0 N–H and O–H groups in total. The maximum absolute atomic E-state index is 14.6. The number of halogens is 2. The van der Waals surface area contributed by atoms with Crippen LogP contribution in [-0.2, 0) is 5.92 Å². The van der Waals surface area contributed by atoms with Gasteiger partial charge in [0.25, 0.3) is 5.92 Å². The summed E-state index contributed by atoms with van der Waals surface area (Å²) in [5, 5.41) is 0. The fraction of sp³-hybridized carbons (Fsp3) is 0.0526. The van der Waals surface area contributed by atoms with E-state index in [-0.39, 0.29) is 11.1 Å². The minimum Gasteiger partial charge on any atom is -0.196 e. The molecule has 0 saturated heterocycles. The average molecular weight is 280 g/mol. The molecule has 3 rings (SSSR count). The van der Waals surface area contributed by atoms with Crippen LogP contribution in [0.2, 0.25) is 0 Å². The van der Waals surface area contributed by atoms with E-state index in [1.165, 1.54) is 18.2 Å². The lowest BCUT2D eigenvalue weighted by molar-refractivity contribution is 0.0429. The standard InChI is InChI=1S/C19H14F2/c20-19(21,17-11-5-2-6-12-17)18-13-7-10-16(14-18)15-8-3-1-4-9-15/h1-14H. The summed E-state index contributed by atoms with van der Waals surface area (Å²) in [6.45, 7) is 0. The van der Waals surface area contributed by atoms with Crippen LogP contribution in [-0.4, -0.2) is 0 Å². The Kier molecular flexibility index (Phi) is 3.53. The smallest absolute Gasteiger partial charge is 0.196 e. The molecule has 0 heterocycles. The lowest BCUT2D eigenvalue weighted by Gasteiger charge is -2.18. The molecule has 0 radical (unpaired) electrons. The lowest BCUT2D eigenvalue weighted by atomic mass is 9.96. The number of alkyl halides is 2. The molecule has 0 aliphatic rings. The minimum absolute atomic E-state index is 0.00931. The first kappa shape index (κ1) is 13.5.